The quantitative estimate of drug-likeness (QED) is 0.871. The Morgan fingerprint density at radius 2 is 1.76 bits per heavy atom. The van der Waals surface area contributed by atoms with Crippen LogP contribution in [0.2, 0.25) is 0 Å². The molecule has 6 nitrogen and oxygen atoms in total. The van der Waals surface area contributed by atoms with Crippen LogP contribution in [-0.2, 0) is 23.2 Å². The zero-order valence-corrected chi connectivity index (χ0v) is 17.1. The first-order valence-corrected chi connectivity index (χ1v) is 11.3. The molecule has 1 aromatic carbocycles. The average Bonchev–Trinajstić information content (AvgIpc) is 3.37. The molecule has 2 aromatic rings. The number of hydrogen-bond acceptors (Lipinski definition) is 4. The molecule has 3 aliphatic rings. The number of aromatic nitrogens is 3. The van der Waals surface area contributed by atoms with Gasteiger partial charge in [-0.3, -0.25) is 4.79 Å². The molecule has 154 valence electrons. The molecule has 1 saturated carbocycles. The number of benzene rings is 1. The van der Waals surface area contributed by atoms with Gasteiger partial charge in [0, 0.05) is 45.1 Å². The maximum absolute atomic E-state index is 13.7. The van der Waals surface area contributed by atoms with Gasteiger partial charge < -0.3 is 14.8 Å². The molecule has 0 bridgehead atoms. The molecule has 0 atom stereocenters. The Bertz CT molecular complexity index is 847. The molecule has 6 heteroatoms. The highest BCUT2D eigenvalue weighted by atomic mass is 16.2. The van der Waals surface area contributed by atoms with E-state index in [2.05, 4.69) is 49.2 Å². The zero-order chi connectivity index (χ0) is 19.7. The molecule has 2 fully saturated rings. The third-order valence-corrected chi connectivity index (χ3v) is 7.23. The summed E-state index contributed by atoms with van der Waals surface area (Å²) in [7, 11) is 0. The van der Waals surface area contributed by atoms with Crippen LogP contribution >= 0.6 is 0 Å². The minimum atomic E-state index is -0.300. The monoisotopic (exact) mass is 393 g/mol. The van der Waals surface area contributed by atoms with Gasteiger partial charge in [0.2, 0.25) is 5.91 Å². The molecule has 0 spiro atoms. The second-order valence-corrected chi connectivity index (χ2v) is 8.85. The van der Waals surface area contributed by atoms with Crippen LogP contribution in [0, 0.1) is 0 Å². The molecule has 5 rings (SSSR count). The van der Waals surface area contributed by atoms with Gasteiger partial charge in [-0.2, -0.15) is 0 Å². The van der Waals surface area contributed by atoms with Crippen molar-refractivity contribution >= 4 is 5.91 Å². The van der Waals surface area contributed by atoms with Crippen molar-refractivity contribution in [3.05, 3.63) is 47.5 Å². The van der Waals surface area contributed by atoms with Gasteiger partial charge in [-0.15, -0.1) is 10.2 Å². The van der Waals surface area contributed by atoms with Gasteiger partial charge in [0.25, 0.3) is 0 Å². The number of nitrogens with one attached hydrogen (secondary N) is 1. The molecule has 29 heavy (non-hydrogen) atoms. The van der Waals surface area contributed by atoms with E-state index in [9.17, 15) is 4.79 Å². The van der Waals surface area contributed by atoms with Crippen LogP contribution in [0.3, 0.4) is 0 Å². The van der Waals surface area contributed by atoms with Gasteiger partial charge in [0.1, 0.15) is 11.6 Å². The standard InChI is InChI=1S/C23H31N5O/c29-22(23(11-4-5-12-23)19-6-2-1-3-7-19)27-15-9-18(10-16-27)21-26-25-20-8-13-24-14-17-28(20)21/h1-3,6-7,18,24H,4-5,8-17H2. The molecular weight excluding hydrogens is 362 g/mol. The van der Waals surface area contributed by atoms with Crippen LogP contribution < -0.4 is 5.32 Å². The van der Waals surface area contributed by atoms with Crippen molar-refractivity contribution in [2.24, 2.45) is 0 Å². The van der Waals surface area contributed by atoms with Crippen LogP contribution in [-0.4, -0.2) is 51.8 Å². The Morgan fingerprint density at radius 1 is 1.00 bits per heavy atom. The van der Waals surface area contributed by atoms with Gasteiger partial charge >= 0.3 is 0 Å². The third kappa shape index (κ3) is 3.37. The van der Waals surface area contributed by atoms with Crippen molar-refractivity contribution < 1.29 is 4.79 Å². The summed E-state index contributed by atoms with van der Waals surface area (Å²) in [5.41, 5.74) is 0.908. The van der Waals surface area contributed by atoms with E-state index >= 15 is 0 Å². The minimum Gasteiger partial charge on any atom is -0.342 e. The summed E-state index contributed by atoms with van der Waals surface area (Å²) in [4.78, 5) is 15.8. The molecule has 1 saturated heterocycles. The van der Waals surface area contributed by atoms with Crippen molar-refractivity contribution in [3.63, 3.8) is 0 Å². The SMILES string of the molecule is O=C(N1CCC(c2nnc3n2CCNCC3)CC1)C1(c2ccccc2)CCCC1. The van der Waals surface area contributed by atoms with E-state index in [0.29, 0.717) is 11.8 Å². The lowest BCUT2D eigenvalue weighted by molar-refractivity contribution is -0.138. The predicted octanol–water partition coefficient (Wildman–Crippen LogP) is 2.64. The van der Waals surface area contributed by atoms with Gasteiger partial charge in [-0.1, -0.05) is 43.2 Å². The first-order chi connectivity index (χ1) is 14.3. The van der Waals surface area contributed by atoms with Gasteiger partial charge in [0.05, 0.1) is 5.41 Å². The Balaban J connectivity index is 1.31. The Hall–Kier alpha value is -2.21. The fourth-order valence-corrected chi connectivity index (χ4v) is 5.60. The highest BCUT2D eigenvalue weighted by Crippen LogP contribution is 2.43. The van der Waals surface area contributed by atoms with E-state index in [1.54, 1.807) is 0 Å². The molecule has 1 amide bonds. The van der Waals surface area contributed by atoms with Crippen LogP contribution in [0.15, 0.2) is 30.3 Å². The van der Waals surface area contributed by atoms with Crippen LogP contribution in [0.1, 0.15) is 61.7 Å². The molecule has 1 aromatic heterocycles. The largest absolute Gasteiger partial charge is 0.342 e. The van der Waals surface area contributed by atoms with E-state index < -0.39 is 0 Å². The molecule has 0 unspecified atom stereocenters. The Morgan fingerprint density at radius 3 is 2.52 bits per heavy atom. The normalized spacial score (nSPS) is 22.3. The van der Waals surface area contributed by atoms with Crippen molar-refractivity contribution in [2.45, 2.75) is 62.8 Å². The van der Waals surface area contributed by atoms with E-state index in [0.717, 1.165) is 89.3 Å². The molecule has 1 aliphatic carbocycles. The van der Waals surface area contributed by atoms with Crippen LogP contribution in [0.25, 0.3) is 0 Å². The number of amides is 1. The summed E-state index contributed by atoms with van der Waals surface area (Å²) >= 11 is 0. The van der Waals surface area contributed by atoms with Crippen LogP contribution in [0.4, 0.5) is 0 Å². The summed E-state index contributed by atoms with van der Waals surface area (Å²) in [5, 5.41) is 12.4. The average molecular weight is 394 g/mol. The lowest BCUT2D eigenvalue weighted by atomic mass is 9.77. The number of carbonyl (C=O) groups excluding carboxylic acids is 1. The van der Waals surface area contributed by atoms with Gasteiger partial charge in [0.15, 0.2) is 0 Å². The maximum atomic E-state index is 13.7. The molecule has 3 heterocycles. The lowest BCUT2D eigenvalue weighted by Crippen LogP contribution is -2.48. The molecular formula is C23H31N5O. The Labute approximate surface area is 172 Å². The molecule has 1 N–H and O–H groups in total. The number of rotatable bonds is 3. The summed E-state index contributed by atoms with van der Waals surface area (Å²) in [6.45, 7) is 4.58. The highest BCUT2D eigenvalue weighted by Gasteiger charge is 2.45. The number of nitrogens with zero attached hydrogens (tertiary/aromatic N) is 4. The van der Waals surface area contributed by atoms with Gasteiger partial charge in [-0.05, 0) is 31.2 Å². The fourth-order valence-electron chi connectivity index (χ4n) is 5.60. The van der Waals surface area contributed by atoms with Crippen molar-refractivity contribution in [1.29, 1.82) is 0 Å². The third-order valence-electron chi connectivity index (χ3n) is 7.23. The summed E-state index contributed by atoms with van der Waals surface area (Å²) in [5.74, 6) is 3.01. The summed E-state index contributed by atoms with van der Waals surface area (Å²) < 4.78 is 2.32. The summed E-state index contributed by atoms with van der Waals surface area (Å²) in [6.07, 6.45) is 7.20. The maximum Gasteiger partial charge on any atom is 0.233 e. The van der Waals surface area contributed by atoms with E-state index in [-0.39, 0.29) is 5.41 Å². The topological polar surface area (TPSA) is 63.1 Å². The van der Waals surface area contributed by atoms with Gasteiger partial charge in [-0.25, -0.2) is 0 Å². The lowest BCUT2D eigenvalue weighted by Gasteiger charge is -2.38. The number of likely N-dealkylation sites (tertiary alicyclic amines) is 1. The number of piperidine rings is 1. The molecule has 0 radical (unpaired) electrons. The molecule has 2 aliphatic heterocycles. The second-order valence-electron chi connectivity index (χ2n) is 8.85. The fraction of sp³-hybridized carbons (Fsp3) is 0.609. The van der Waals surface area contributed by atoms with E-state index in [1.165, 1.54) is 5.56 Å². The van der Waals surface area contributed by atoms with Crippen molar-refractivity contribution in [3.8, 4) is 0 Å². The summed E-state index contributed by atoms with van der Waals surface area (Å²) in [6, 6.07) is 10.5. The van der Waals surface area contributed by atoms with E-state index in [4.69, 9.17) is 0 Å². The number of carbonyl (C=O) groups is 1. The van der Waals surface area contributed by atoms with Crippen molar-refractivity contribution in [1.82, 2.24) is 25.0 Å². The van der Waals surface area contributed by atoms with E-state index in [1.807, 2.05) is 6.07 Å². The smallest absolute Gasteiger partial charge is 0.233 e. The zero-order valence-electron chi connectivity index (χ0n) is 17.1. The number of hydrogen-bond donors (Lipinski definition) is 1. The first kappa shape index (κ1) is 18.8. The minimum absolute atomic E-state index is 0.300. The van der Waals surface area contributed by atoms with Crippen LogP contribution in [0.5, 0.6) is 0 Å². The number of fused-ring (bicyclic) bond motifs is 1. The first-order valence-electron chi connectivity index (χ1n) is 11.3. The highest BCUT2D eigenvalue weighted by molar-refractivity contribution is 5.88. The van der Waals surface area contributed by atoms with Crippen molar-refractivity contribution in [2.75, 3.05) is 26.2 Å². The Kier molecular flexibility index (Phi) is 5.12. The predicted molar refractivity (Wildman–Crippen MR) is 112 cm³/mol. The second kappa shape index (κ2) is 7.90.